The van der Waals surface area contributed by atoms with Gasteiger partial charge in [-0.05, 0) is 19.1 Å². The third kappa shape index (κ3) is 4.70. The number of nitrogens with one attached hydrogen (secondary N) is 1. The van der Waals surface area contributed by atoms with Gasteiger partial charge in [-0.15, -0.1) is 11.3 Å². The van der Waals surface area contributed by atoms with Gasteiger partial charge < -0.3 is 9.47 Å². The summed E-state index contributed by atoms with van der Waals surface area (Å²) in [7, 11) is -0.816. The normalized spacial score (nSPS) is 11.4. The zero-order valence-electron chi connectivity index (χ0n) is 15.9. The van der Waals surface area contributed by atoms with Crippen molar-refractivity contribution >= 4 is 21.4 Å². The number of aryl methyl sites for hydroxylation is 1. The number of nitrogens with zero attached hydrogens (tertiary/aromatic N) is 1. The number of thiazole rings is 1. The Morgan fingerprint density at radius 2 is 1.82 bits per heavy atom. The van der Waals surface area contributed by atoms with Crippen molar-refractivity contribution in [3.05, 3.63) is 59.1 Å². The summed E-state index contributed by atoms with van der Waals surface area (Å²) < 4.78 is 38.2. The number of methoxy groups -OCH3 is 2. The van der Waals surface area contributed by atoms with Gasteiger partial charge in [0.2, 0.25) is 10.0 Å². The zero-order valence-corrected chi connectivity index (χ0v) is 17.6. The van der Waals surface area contributed by atoms with Crippen LogP contribution in [0.15, 0.2) is 52.7 Å². The van der Waals surface area contributed by atoms with Crippen LogP contribution in [0.5, 0.6) is 11.5 Å². The van der Waals surface area contributed by atoms with Crippen molar-refractivity contribution in [2.24, 2.45) is 0 Å². The third-order valence-corrected chi connectivity index (χ3v) is 6.61. The highest BCUT2D eigenvalue weighted by atomic mass is 32.2. The first-order valence-electron chi connectivity index (χ1n) is 8.66. The minimum absolute atomic E-state index is 0.0490. The number of aromatic nitrogens is 1. The van der Waals surface area contributed by atoms with Gasteiger partial charge in [0.1, 0.15) is 21.4 Å². The molecule has 1 aromatic heterocycles. The Balaban J connectivity index is 1.67. The second kappa shape index (κ2) is 8.72. The van der Waals surface area contributed by atoms with E-state index in [0.717, 1.165) is 16.3 Å². The van der Waals surface area contributed by atoms with Gasteiger partial charge in [0.15, 0.2) is 0 Å². The lowest BCUT2D eigenvalue weighted by atomic mass is 10.2. The molecule has 8 heteroatoms. The molecule has 0 atom stereocenters. The lowest BCUT2D eigenvalue weighted by Gasteiger charge is -2.11. The molecule has 0 fully saturated rings. The van der Waals surface area contributed by atoms with Crippen LogP contribution in [0, 0.1) is 6.92 Å². The molecule has 1 N–H and O–H groups in total. The Morgan fingerprint density at radius 1 is 1.07 bits per heavy atom. The topological polar surface area (TPSA) is 77.5 Å². The Hall–Kier alpha value is -2.42. The number of rotatable bonds is 8. The average molecular weight is 419 g/mol. The van der Waals surface area contributed by atoms with Gasteiger partial charge in [-0.25, -0.2) is 18.1 Å². The van der Waals surface area contributed by atoms with Gasteiger partial charge in [-0.3, -0.25) is 0 Å². The minimum Gasteiger partial charge on any atom is -0.497 e. The summed E-state index contributed by atoms with van der Waals surface area (Å²) in [5.41, 5.74) is 3.10. The highest BCUT2D eigenvalue weighted by Gasteiger charge is 2.20. The van der Waals surface area contributed by atoms with E-state index in [-0.39, 0.29) is 17.2 Å². The summed E-state index contributed by atoms with van der Waals surface area (Å²) in [6.07, 6.45) is 0.494. The maximum absolute atomic E-state index is 12.7. The van der Waals surface area contributed by atoms with Gasteiger partial charge >= 0.3 is 0 Å². The maximum Gasteiger partial charge on any atom is 0.244 e. The summed E-state index contributed by atoms with van der Waals surface area (Å²) in [5.74, 6) is 0.715. The predicted molar refractivity (Wildman–Crippen MR) is 111 cm³/mol. The second-order valence-electron chi connectivity index (χ2n) is 6.17. The van der Waals surface area contributed by atoms with Crippen LogP contribution in [0.2, 0.25) is 0 Å². The van der Waals surface area contributed by atoms with Gasteiger partial charge in [0.05, 0.1) is 19.9 Å². The third-order valence-electron chi connectivity index (χ3n) is 4.18. The van der Waals surface area contributed by atoms with Crippen molar-refractivity contribution in [3.8, 4) is 22.1 Å². The molecule has 0 bridgehead atoms. The molecule has 0 amide bonds. The molecular weight excluding hydrogens is 396 g/mol. The Labute approximate surface area is 169 Å². The van der Waals surface area contributed by atoms with Crippen LogP contribution in [0.3, 0.4) is 0 Å². The summed E-state index contributed by atoms with van der Waals surface area (Å²) >= 11 is 1.55. The van der Waals surface area contributed by atoms with E-state index in [1.54, 1.807) is 23.5 Å². The van der Waals surface area contributed by atoms with Crippen LogP contribution >= 0.6 is 11.3 Å². The Kier molecular flexibility index (Phi) is 6.33. The Morgan fingerprint density at radius 3 is 2.50 bits per heavy atom. The van der Waals surface area contributed by atoms with E-state index >= 15 is 0 Å². The molecule has 0 saturated carbocycles. The summed E-state index contributed by atoms with van der Waals surface area (Å²) in [5, 5.41) is 2.88. The van der Waals surface area contributed by atoms with Crippen LogP contribution in [0.4, 0.5) is 0 Å². The van der Waals surface area contributed by atoms with Crippen LogP contribution < -0.4 is 14.2 Å². The quantitative estimate of drug-likeness (QED) is 0.604. The molecular formula is C20H22N2O4S2. The fourth-order valence-corrected chi connectivity index (χ4v) is 4.71. The molecule has 3 rings (SSSR count). The first-order chi connectivity index (χ1) is 13.4. The summed E-state index contributed by atoms with van der Waals surface area (Å²) in [6, 6.07) is 12.8. The summed E-state index contributed by atoms with van der Waals surface area (Å²) in [6.45, 7) is 2.28. The van der Waals surface area contributed by atoms with Crippen LogP contribution in [-0.4, -0.2) is 34.2 Å². The predicted octanol–water partition coefficient (Wildman–Crippen LogP) is 3.66. The average Bonchev–Trinajstić information content (AvgIpc) is 3.16. The van der Waals surface area contributed by atoms with Crippen molar-refractivity contribution < 1.29 is 17.9 Å². The molecule has 0 spiro atoms. The number of ether oxygens (including phenoxy) is 2. The van der Waals surface area contributed by atoms with E-state index in [9.17, 15) is 8.42 Å². The fraction of sp³-hybridized carbons (Fsp3) is 0.250. The minimum atomic E-state index is -3.74. The van der Waals surface area contributed by atoms with Crippen molar-refractivity contribution in [2.45, 2.75) is 18.2 Å². The van der Waals surface area contributed by atoms with Crippen molar-refractivity contribution in [1.29, 1.82) is 0 Å². The zero-order chi connectivity index (χ0) is 20.1. The largest absolute Gasteiger partial charge is 0.497 e. The van der Waals surface area contributed by atoms with Crippen LogP contribution in [0.1, 0.15) is 11.3 Å². The fourth-order valence-electron chi connectivity index (χ4n) is 2.64. The van der Waals surface area contributed by atoms with Crippen molar-refractivity contribution in [1.82, 2.24) is 9.71 Å². The smallest absolute Gasteiger partial charge is 0.244 e. The molecule has 0 radical (unpaired) electrons. The number of sulfonamides is 1. The lowest BCUT2D eigenvalue weighted by molar-refractivity contribution is 0.392. The molecule has 3 aromatic rings. The van der Waals surface area contributed by atoms with E-state index in [1.807, 2.05) is 36.6 Å². The molecule has 6 nitrogen and oxygen atoms in total. The standard InChI is InChI=1S/C20H22N2O4S2/c1-14-4-6-15(7-5-14)20-22-16(13-27-20)10-11-21-28(23,24)19-12-17(25-2)8-9-18(19)26-3/h4-9,12-13,21H,10-11H2,1-3H3. The van der Waals surface area contributed by atoms with Gasteiger partial charge in [-0.2, -0.15) is 0 Å². The van der Waals surface area contributed by atoms with Crippen molar-refractivity contribution in [3.63, 3.8) is 0 Å². The molecule has 0 aliphatic carbocycles. The molecule has 0 saturated heterocycles. The van der Waals surface area contributed by atoms with Gasteiger partial charge in [-0.1, -0.05) is 29.8 Å². The van der Waals surface area contributed by atoms with E-state index in [2.05, 4.69) is 9.71 Å². The molecule has 1 heterocycles. The van der Waals surface area contributed by atoms with E-state index in [1.165, 1.54) is 25.8 Å². The first-order valence-corrected chi connectivity index (χ1v) is 11.0. The van der Waals surface area contributed by atoms with Crippen LogP contribution in [0.25, 0.3) is 10.6 Å². The highest BCUT2D eigenvalue weighted by molar-refractivity contribution is 7.89. The van der Waals surface area contributed by atoms with Gasteiger partial charge in [0, 0.05) is 30.0 Å². The molecule has 28 heavy (non-hydrogen) atoms. The Bertz CT molecular complexity index is 1040. The first kappa shape index (κ1) is 20.3. The molecule has 2 aromatic carbocycles. The monoisotopic (exact) mass is 418 g/mol. The molecule has 0 aliphatic rings. The van der Waals surface area contributed by atoms with E-state index in [4.69, 9.17) is 9.47 Å². The van der Waals surface area contributed by atoms with Gasteiger partial charge in [0.25, 0.3) is 0 Å². The maximum atomic E-state index is 12.7. The van der Waals surface area contributed by atoms with E-state index < -0.39 is 10.0 Å². The summed E-state index contributed by atoms with van der Waals surface area (Å²) in [4.78, 5) is 4.65. The molecule has 0 unspecified atom stereocenters. The number of hydrogen-bond donors (Lipinski definition) is 1. The highest BCUT2D eigenvalue weighted by Crippen LogP contribution is 2.28. The molecule has 0 aliphatic heterocycles. The van der Waals surface area contributed by atoms with Crippen molar-refractivity contribution in [2.75, 3.05) is 20.8 Å². The SMILES string of the molecule is COc1ccc(OC)c(S(=O)(=O)NCCc2csc(-c3ccc(C)cc3)n2)c1. The number of hydrogen-bond acceptors (Lipinski definition) is 6. The van der Waals surface area contributed by atoms with Crippen LogP contribution in [-0.2, 0) is 16.4 Å². The lowest BCUT2D eigenvalue weighted by Crippen LogP contribution is -2.26. The molecule has 148 valence electrons. The second-order valence-corrected chi connectivity index (χ2v) is 8.77. The number of benzene rings is 2. The van der Waals surface area contributed by atoms with E-state index in [0.29, 0.717) is 12.2 Å².